The number of fused-ring (bicyclic) bond motifs is 1. The lowest BCUT2D eigenvalue weighted by molar-refractivity contribution is -0.140. The molecule has 0 fully saturated rings. The summed E-state index contributed by atoms with van der Waals surface area (Å²) in [5.74, 6) is 0.468. The third-order valence-electron chi connectivity index (χ3n) is 2.62. The van der Waals surface area contributed by atoms with Gasteiger partial charge in [-0.1, -0.05) is 6.07 Å². The van der Waals surface area contributed by atoms with Crippen molar-refractivity contribution in [1.29, 1.82) is 0 Å². The SMILES string of the molecule is COCC(NCc1ccc2c(c1)OCO2)C(=O)O. The van der Waals surface area contributed by atoms with Gasteiger partial charge < -0.3 is 19.3 Å². The maximum absolute atomic E-state index is 10.9. The Morgan fingerprint density at radius 1 is 1.50 bits per heavy atom. The first kappa shape index (κ1) is 12.7. The summed E-state index contributed by atoms with van der Waals surface area (Å²) in [6.45, 7) is 0.782. The van der Waals surface area contributed by atoms with Gasteiger partial charge in [-0.25, -0.2) is 0 Å². The smallest absolute Gasteiger partial charge is 0.323 e. The van der Waals surface area contributed by atoms with E-state index in [9.17, 15) is 4.79 Å². The molecule has 1 aliphatic heterocycles. The predicted octanol–water partition coefficient (Wildman–Crippen LogP) is 0.605. The van der Waals surface area contributed by atoms with Crippen molar-refractivity contribution >= 4 is 5.97 Å². The standard InChI is InChI=1S/C12H15NO5/c1-16-6-9(12(14)15)13-5-8-2-3-10-11(4-8)18-7-17-10/h2-4,9,13H,5-7H2,1H3,(H,14,15). The summed E-state index contributed by atoms with van der Waals surface area (Å²) in [5.41, 5.74) is 0.932. The zero-order valence-electron chi connectivity index (χ0n) is 10.0. The summed E-state index contributed by atoms with van der Waals surface area (Å²) in [4.78, 5) is 10.9. The molecular weight excluding hydrogens is 238 g/mol. The first-order valence-corrected chi connectivity index (χ1v) is 5.54. The molecule has 2 rings (SSSR count). The number of carbonyl (C=O) groups is 1. The topological polar surface area (TPSA) is 77.0 Å². The lowest BCUT2D eigenvalue weighted by Gasteiger charge is -2.13. The molecule has 1 aliphatic rings. The van der Waals surface area contributed by atoms with E-state index in [1.807, 2.05) is 18.2 Å². The largest absolute Gasteiger partial charge is 0.480 e. The number of methoxy groups -OCH3 is 1. The molecule has 6 nitrogen and oxygen atoms in total. The average molecular weight is 253 g/mol. The van der Waals surface area contributed by atoms with E-state index in [0.29, 0.717) is 18.0 Å². The average Bonchev–Trinajstić information content (AvgIpc) is 2.81. The van der Waals surface area contributed by atoms with Crippen molar-refractivity contribution in [3.05, 3.63) is 23.8 Å². The van der Waals surface area contributed by atoms with Crippen molar-refractivity contribution in [3.8, 4) is 11.5 Å². The number of benzene rings is 1. The number of nitrogens with one attached hydrogen (secondary N) is 1. The number of carboxylic acid groups (broad SMARTS) is 1. The van der Waals surface area contributed by atoms with Crippen molar-refractivity contribution in [2.45, 2.75) is 12.6 Å². The van der Waals surface area contributed by atoms with Crippen LogP contribution in [0.3, 0.4) is 0 Å². The van der Waals surface area contributed by atoms with E-state index in [4.69, 9.17) is 19.3 Å². The molecule has 1 heterocycles. The molecule has 1 unspecified atom stereocenters. The molecular formula is C12H15NO5. The summed E-state index contributed by atoms with van der Waals surface area (Å²) in [7, 11) is 1.47. The van der Waals surface area contributed by atoms with Gasteiger partial charge in [-0.15, -0.1) is 0 Å². The molecule has 1 aromatic rings. The number of aliphatic carboxylic acids is 1. The number of ether oxygens (including phenoxy) is 3. The molecule has 0 radical (unpaired) electrons. The highest BCUT2D eigenvalue weighted by Gasteiger charge is 2.17. The van der Waals surface area contributed by atoms with Crippen LogP contribution in [-0.4, -0.2) is 37.6 Å². The van der Waals surface area contributed by atoms with Crippen LogP contribution < -0.4 is 14.8 Å². The predicted molar refractivity (Wildman–Crippen MR) is 62.7 cm³/mol. The molecule has 1 atom stereocenters. The van der Waals surface area contributed by atoms with Crippen LogP contribution in [0.1, 0.15) is 5.56 Å². The minimum atomic E-state index is -0.933. The summed E-state index contributed by atoms with van der Waals surface area (Å²) in [6.07, 6.45) is 0. The van der Waals surface area contributed by atoms with Gasteiger partial charge in [0.15, 0.2) is 11.5 Å². The Morgan fingerprint density at radius 2 is 2.28 bits per heavy atom. The Kier molecular flexibility index (Phi) is 4.01. The highest BCUT2D eigenvalue weighted by molar-refractivity contribution is 5.73. The lowest BCUT2D eigenvalue weighted by atomic mass is 10.2. The first-order valence-electron chi connectivity index (χ1n) is 5.54. The fourth-order valence-corrected chi connectivity index (χ4v) is 1.68. The van der Waals surface area contributed by atoms with Crippen LogP contribution in [0.25, 0.3) is 0 Å². The fourth-order valence-electron chi connectivity index (χ4n) is 1.68. The van der Waals surface area contributed by atoms with Crippen LogP contribution in [0.4, 0.5) is 0 Å². The van der Waals surface area contributed by atoms with Gasteiger partial charge in [0.1, 0.15) is 6.04 Å². The monoisotopic (exact) mass is 253 g/mol. The molecule has 1 aromatic carbocycles. The number of hydrogen-bond donors (Lipinski definition) is 2. The minimum Gasteiger partial charge on any atom is -0.480 e. The van der Waals surface area contributed by atoms with Gasteiger partial charge >= 0.3 is 5.97 Å². The molecule has 0 bridgehead atoms. The second kappa shape index (κ2) is 5.70. The van der Waals surface area contributed by atoms with E-state index in [-0.39, 0.29) is 13.4 Å². The molecule has 2 N–H and O–H groups in total. The molecule has 98 valence electrons. The second-order valence-corrected chi connectivity index (χ2v) is 3.91. The van der Waals surface area contributed by atoms with E-state index in [0.717, 1.165) is 5.56 Å². The normalized spacial score (nSPS) is 14.5. The van der Waals surface area contributed by atoms with Crippen LogP contribution in [0.2, 0.25) is 0 Å². The molecule has 0 saturated carbocycles. The second-order valence-electron chi connectivity index (χ2n) is 3.91. The maximum Gasteiger partial charge on any atom is 0.323 e. The van der Waals surface area contributed by atoms with Crippen LogP contribution in [0.5, 0.6) is 11.5 Å². The van der Waals surface area contributed by atoms with E-state index < -0.39 is 12.0 Å². The number of hydrogen-bond acceptors (Lipinski definition) is 5. The molecule has 6 heteroatoms. The maximum atomic E-state index is 10.9. The molecule has 0 aliphatic carbocycles. The van der Waals surface area contributed by atoms with Gasteiger partial charge in [0.25, 0.3) is 0 Å². The summed E-state index contributed by atoms with van der Waals surface area (Å²) >= 11 is 0. The van der Waals surface area contributed by atoms with Crippen LogP contribution >= 0.6 is 0 Å². The van der Waals surface area contributed by atoms with Crippen molar-refractivity contribution < 1.29 is 24.1 Å². The molecule has 0 spiro atoms. The van der Waals surface area contributed by atoms with Crippen molar-refractivity contribution in [2.24, 2.45) is 0 Å². The zero-order valence-corrected chi connectivity index (χ0v) is 10.0. The Labute approximate surface area is 104 Å². The van der Waals surface area contributed by atoms with E-state index in [1.165, 1.54) is 7.11 Å². The Bertz CT molecular complexity index is 434. The summed E-state index contributed by atoms with van der Waals surface area (Å²) in [5, 5.41) is 11.9. The van der Waals surface area contributed by atoms with Crippen molar-refractivity contribution in [3.63, 3.8) is 0 Å². The first-order chi connectivity index (χ1) is 8.70. The summed E-state index contributed by atoms with van der Waals surface area (Å²) < 4.78 is 15.3. The Morgan fingerprint density at radius 3 is 3.00 bits per heavy atom. The number of carboxylic acids is 1. The third-order valence-corrected chi connectivity index (χ3v) is 2.62. The molecule has 0 saturated heterocycles. The van der Waals surface area contributed by atoms with Gasteiger partial charge in [0, 0.05) is 13.7 Å². The minimum absolute atomic E-state index is 0.125. The highest BCUT2D eigenvalue weighted by Crippen LogP contribution is 2.32. The van der Waals surface area contributed by atoms with Crippen LogP contribution in [0, 0.1) is 0 Å². The zero-order chi connectivity index (χ0) is 13.0. The number of rotatable bonds is 6. The fraction of sp³-hybridized carbons (Fsp3) is 0.417. The van der Waals surface area contributed by atoms with Gasteiger partial charge in [0.2, 0.25) is 6.79 Å². The molecule has 0 amide bonds. The van der Waals surface area contributed by atoms with Gasteiger partial charge in [-0.2, -0.15) is 0 Å². The van der Waals surface area contributed by atoms with E-state index in [1.54, 1.807) is 0 Å². The third kappa shape index (κ3) is 2.91. The highest BCUT2D eigenvalue weighted by atomic mass is 16.7. The quantitative estimate of drug-likeness (QED) is 0.773. The van der Waals surface area contributed by atoms with Gasteiger partial charge in [-0.05, 0) is 17.7 Å². The van der Waals surface area contributed by atoms with Gasteiger partial charge in [0.05, 0.1) is 6.61 Å². The van der Waals surface area contributed by atoms with Gasteiger partial charge in [-0.3, -0.25) is 10.1 Å². The van der Waals surface area contributed by atoms with Crippen molar-refractivity contribution in [1.82, 2.24) is 5.32 Å². The molecule has 0 aromatic heterocycles. The summed E-state index contributed by atoms with van der Waals surface area (Å²) in [6, 6.07) is 4.79. The van der Waals surface area contributed by atoms with E-state index in [2.05, 4.69) is 5.32 Å². The Balaban J connectivity index is 1.95. The van der Waals surface area contributed by atoms with E-state index >= 15 is 0 Å². The van der Waals surface area contributed by atoms with Crippen molar-refractivity contribution in [2.75, 3.05) is 20.5 Å². The Hall–Kier alpha value is -1.79. The van der Waals surface area contributed by atoms with Crippen LogP contribution in [0.15, 0.2) is 18.2 Å². The lowest BCUT2D eigenvalue weighted by Crippen LogP contribution is -2.39. The van der Waals surface area contributed by atoms with Crippen LogP contribution in [-0.2, 0) is 16.1 Å². The molecule has 18 heavy (non-hydrogen) atoms.